The lowest BCUT2D eigenvalue weighted by atomic mass is 9.76. The molecule has 2 atom stereocenters. The molecule has 1 aromatic heterocycles. The van der Waals surface area contributed by atoms with Crippen molar-refractivity contribution in [3.05, 3.63) is 59.3 Å². The number of nitrogens with zero attached hydrogens (tertiary/aromatic N) is 2. The molecule has 2 aliphatic rings. The normalized spacial score (nSPS) is 21.9. The molecule has 0 radical (unpaired) electrons. The van der Waals surface area contributed by atoms with Gasteiger partial charge >= 0.3 is 0 Å². The van der Waals surface area contributed by atoms with Gasteiger partial charge in [-0.05, 0) is 56.5 Å². The fourth-order valence-electron chi connectivity index (χ4n) is 5.68. The van der Waals surface area contributed by atoms with Gasteiger partial charge in [0, 0.05) is 29.9 Å². The molecule has 2 amide bonds. The molecule has 2 aromatic carbocycles. The highest BCUT2D eigenvalue weighted by Gasteiger charge is 2.56. The molecule has 0 bridgehead atoms. The van der Waals surface area contributed by atoms with Crippen LogP contribution in [0.4, 0.5) is 0 Å². The van der Waals surface area contributed by atoms with Crippen molar-refractivity contribution < 1.29 is 19.1 Å². The molecule has 0 saturated carbocycles. The van der Waals surface area contributed by atoms with Crippen LogP contribution in [0.3, 0.4) is 0 Å². The highest BCUT2D eigenvalue weighted by molar-refractivity contribution is 6.01. The van der Waals surface area contributed by atoms with Crippen LogP contribution in [0.2, 0.25) is 0 Å². The number of rotatable bonds is 6. The average Bonchev–Trinajstić information content (AvgIpc) is 3.23. The number of methoxy groups -OCH3 is 1. The first-order valence-corrected chi connectivity index (χ1v) is 12.3. The third-order valence-electron chi connectivity index (χ3n) is 7.26. The molecule has 0 spiro atoms. The zero-order valence-corrected chi connectivity index (χ0v) is 21.1. The number of aromatic amines is 1. The van der Waals surface area contributed by atoms with Crippen LogP contribution >= 0.6 is 0 Å². The van der Waals surface area contributed by atoms with Crippen molar-refractivity contribution in [3.63, 3.8) is 0 Å². The fraction of sp³-hybridized carbons (Fsp3) is 0.429. The largest absolute Gasteiger partial charge is 0.493 e. The van der Waals surface area contributed by atoms with Crippen molar-refractivity contribution in [2.45, 2.75) is 51.7 Å². The van der Waals surface area contributed by atoms with Crippen LogP contribution in [-0.4, -0.2) is 59.4 Å². The number of piperazine rings is 1. The minimum atomic E-state index is -1.07. The maximum absolute atomic E-state index is 13.8. The summed E-state index contributed by atoms with van der Waals surface area (Å²) in [5, 5.41) is 1.07. The van der Waals surface area contributed by atoms with Crippen LogP contribution in [-0.2, 0) is 15.1 Å². The maximum atomic E-state index is 13.8. The Morgan fingerprint density at radius 2 is 1.91 bits per heavy atom. The maximum Gasteiger partial charge on any atom is 0.254 e. The van der Waals surface area contributed by atoms with Gasteiger partial charge in [-0.1, -0.05) is 31.2 Å². The van der Waals surface area contributed by atoms with Crippen LogP contribution in [0.5, 0.6) is 11.5 Å². The second-order valence-electron chi connectivity index (χ2n) is 9.89. The standard InChI is InChI=1S/C28H33N3O4/c1-6-13-30-16-24(32)31-15-20(18-11-12-22(35-17(2)3)23(14-18)34-5)25-19-9-7-8-10-21(19)29-26(25)28(31,4)27(30)33/h7-12,14,17,20,29H,6,13,15-16H2,1-5H3/t20?,28-/m0/s1. The minimum absolute atomic E-state index is 0.0217. The summed E-state index contributed by atoms with van der Waals surface area (Å²) < 4.78 is 11.6. The Hall–Kier alpha value is -3.48. The monoisotopic (exact) mass is 475 g/mol. The number of carbonyl (C=O) groups excluding carboxylic acids is 2. The Kier molecular flexibility index (Phi) is 5.74. The van der Waals surface area contributed by atoms with Crippen LogP contribution < -0.4 is 9.47 Å². The number of nitrogens with one attached hydrogen (secondary N) is 1. The molecule has 1 N–H and O–H groups in total. The number of H-pyrrole nitrogens is 1. The zero-order chi connectivity index (χ0) is 24.9. The molecular formula is C28H33N3O4. The van der Waals surface area contributed by atoms with Gasteiger partial charge in [0.05, 0.1) is 25.5 Å². The molecule has 2 aliphatic heterocycles. The number of hydrogen-bond acceptors (Lipinski definition) is 4. The highest BCUT2D eigenvalue weighted by atomic mass is 16.5. The Balaban J connectivity index is 1.70. The molecule has 5 rings (SSSR count). The number of hydrogen-bond donors (Lipinski definition) is 1. The molecule has 184 valence electrons. The summed E-state index contributed by atoms with van der Waals surface area (Å²) in [4.78, 5) is 34.3. The number of amides is 2. The van der Waals surface area contributed by atoms with Gasteiger partial charge in [-0.25, -0.2) is 0 Å². The highest BCUT2D eigenvalue weighted by Crippen LogP contribution is 2.49. The number of carbonyl (C=O) groups is 2. The third kappa shape index (κ3) is 3.56. The van der Waals surface area contributed by atoms with Gasteiger partial charge in [0.15, 0.2) is 17.0 Å². The number of benzene rings is 2. The molecule has 7 nitrogen and oxygen atoms in total. The quantitative estimate of drug-likeness (QED) is 0.573. The van der Waals surface area contributed by atoms with Gasteiger partial charge in [0.25, 0.3) is 5.91 Å². The van der Waals surface area contributed by atoms with E-state index in [-0.39, 0.29) is 30.4 Å². The van der Waals surface area contributed by atoms with Gasteiger partial charge in [-0.2, -0.15) is 0 Å². The summed E-state index contributed by atoms with van der Waals surface area (Å²) in [6.45, 7) is 8.99. The molecule has 3 aromatic rings. The Morgan fingerprint density at radius 1 is 1.14 bits per heavy atom. The Bertz CT molecular complexity index is 1300. The first-order chi connectivity index (χ1) is 16.8. The van der Waals surface area contributed by atoms with Gasteiger partial charge in [-0.3, -0.25) is 9.59 Å². The molecule has 0 aliphatic carbocycles. The molecule has 3 heterocycles. The van der Waals surface area contributed by atoms with E-state index in [1.165, 1.54) is 0 Å². The van der Waals surface area contributed by atoms with Crippen molar-refractivity contribution in [2.75, 3.05) is 26.7 Å². The van der Waals surface area contributed by atoms with Gasteiger partial charge < -0.3 is 24.3 Å². The van der Waals surface area contributed by atoms with Crippen LogP contribution in [0.25, 0.3) is 10.9 Å². The van der Waals surface area contributed by atoms with Gasteiger partial charge in [0.2, 0.25) is 5.91 Å². The summed E-state index contributed by atoms with van der Waals surface area (Å²) in [7, 11) is 1.64. The van der Waals surface area contributed by atoms with Crippen molar-refractivity contribution in [2.24, 2.45) is 0 Å². The topological polar surface area (TPSA) is 74.9 Å². The van der Waals surface area contributed by atoms with Gasteiger partial charge in [-0.15, -0.1) is 0 Å². The lowest BCUT2D eigenvalue weighted by molar-refractivity contribution is -0.166. The summed E-state index contributed by atoms with van der Waals surface area (Å²) in [6.07, 6.45) is 0.829. The zero-order valence-electron chi connectivity index (χ0n) is 21.1. The van der Waals surface area contributed by atoms with E-state index in [0.717, 1.165) is 34.1 Å². The van der Waals surface area contributed by atoms with E-state index < -0.39 is 5.54 Å². The molecular weight excluding hydrogens is 442 g/mol. The smallest absolute Gasteiger partial charge is 0.254 e. The Morgan fingerprint density at radius 3 is 2.63 bits per heavy atom. The van der Waals surface area contributed by atoms with Crippen molar-refractivity contribution in [1.29, 1.82) is 0 Å². The predicted molar refractivity (Wildman–Crippen MR) is 135 cm³/mol. The minimum Gasteiger partial charge on any atom is -0.493 e. The Labute approximate surface area is 206 Å². The summed E-state index contributed by atoms with van der Waals surface area (Å²) in [6, 6.07) is 14.1. The van der Waals surface area contributed by atoms with Crippen LogP contribution in [0.15, 0.2) is 42.5 Å². The SMILES string of the molecule is CCCN1CC(=O)N2CC(c3ccc(OC(C)C)c(OC)c3)c3c([nH]c4ccccc34)[C@@]2(C)C1=O. The van der Waals surface area contributed by atoms with E-state index in [9.17, 15) is 9.59 Å². The van der Waals surface area contributed by atoms with Crippen LogP contribution in [0.1, 0.15) is 56.9 Å². The van der Waals surface area contributed by atoms with E-state index in [1.54, 1.807) is 16.9 Å². The molecule has 1 fully saturated rings. The molecule has 7 heteroatoms. The van der Waals surface area contributed by atoms with E-state index in [0.29, 0.717) is 24.6 Å². The average molecular weight is 476 g/mol. The predicted octanol–water partition coefficient (Wildman–Crippen LogP) is 4.41. The summed E-state index contributed by atoms with van der Waals surface area (Å²) in [5.41, 5.74) is 2.78. The second kappa shape index (κ2) is 8.63. The van der Waals surface area contributed by atoms with Gasteiger partial charge in [0.1, 0.15) is 0 Å². The summed E-state index contributed by atoms with van der Waals surface area (Å²) in [5.74, 6) is 1.17. The van der Waals surface area contributed by atoms with Crippen molar-refractivity contribution in [1.82, 2.24) is 14.8 Å². The van der Waals surface area contributed by atoms with E-state index in [2.05, 4.69) is 11.1 Å². The number of ether oxygens (including phenoxy) is 2. The number of para-hydroxylation sites is 1. The lowest BCUT2D eigenvalue weighted by Gasteiger charge is -2.51. The van der Waals surface area contributed by atoms with Crippen molar-refractivity contribution in [3.8, 4) is 11.5 Å². The molecule has 1 unspecified atom stereocenters. The molecule has 35 heavy (non-hydrogen) atoms. The fourth-order valence-corrected chi connectivity index (χ4v) is 5.68. The second-order valence-corrected chi connectivity index (χ2v) is 9.89. The summed E-state index contributed by atoms with van der Waals surface area (Å²) >= 11 is 0. The first kappa shape index (κ1) is 23.3. The third-order valence-corrected chi connectivity index (χ3v) is 7.26. The lowest BCUT2D eigenvalue weighted by Crippen LogP contribution is -2.67. The molecule has 1 saturated heterocycles. The van der Waals surface area contributed by atoms with E-state index >= 15 is 0 Å². The van der Waals surface area contributed by atoms with Crippen LogP contribution in [0, 0.1) is 0 Å². The van der Waals surface area contributed by atoms with E-state index in [1.807, 2.05) is 64.1 Å². The van der Waals surface area contributed by atoms with E-state index in [4.69, 9.17) is 9.47 Å². The van der Waals surface area contributed by atoms with Crippen molar-refractivity contribution >= 4 is 22.7 Å². The first-order valence-electron chi connectivity index (χ1n) is 12.3. The number of aromatic nitrogens is 1. The number of fused-ring (bicyclic) bond motifs is 5.